The molecule has 0 unspecified atom stereocenters. The average molecular weight is 203 g/mol. The predicted octanol–water partition coefficient (Wildman–Crippen LogP) is 3.06. The van der Waals surface area contributed by atoms with Gasteiger partial charge in [-0.2, -0.15) is 12.6 Å². The van der Waals surface area contributed by atoms with Gasteiger partial charge in [-0.05, 0) is 30.7 Å². The molecule has 0 rings (SSSR count). The summed E-state index contributed by atoms with van der Waals surface area (Å²) in [6.45, 7) is 12.6. The van der Waals surface area contributed by atoms with Gasteiger partial charge >= 0.3 is 0 Å². The van der Waals surface area contributed by atoms with Crippen LogP contribution in [0.2, 0.25) is 0 Å². The van der Waals surface area contributed by atoms with Crippen LogP contribution in [0.1, 0.15) is 40.5 Å². The molecule has 0 aromatic rings. The van der Waals surface area contributed by atoms with Crippen molar-refractivity contribution in [2.75, 3.05) is 25.4 Å². The number of rotatable bonds is 7. The molecule has 0 N–H and O–H groups in total. The van der Waals surface area contributed by atoms with E-state index < -0.39 is 0 Å². The van der Waals surface area contributed by atoms with E-state index >= 15 is 0 Å². The van der Waals surface area contributed by atoms with E-state index in [4.69, 9.17) is 0 Å². The Morgan fingerprint density at radius 3 is 2.23 bits per heavy atom. The first-order valence-electron chi connectivity index (χ1n) is 5.39. The number of unbranched alkanes of at least 4 members (excludes halogenated alkanes) is 1. The van der Waals surface area contributed by atoms with Crippen LogP contribution in [0.25, 0.3) is 0 Å². The Hall–Kier alpha value is 0.310. The normalized spacial score (nSPS) is 12.5. The van der Waals surface area contributed by atoms with Gasteiger partial charge in [0, 0.05) is 6.54 Å². The first-order valence-corrected chi connectivity index (χ1v) is 6.02. The molecule has 0 aromatic carbocycles. The predicted molar refractivity (Wildman–Crippen MR) is 64.7 cm³/mol. The van der Waals surface area contributed by atoms with Gasteiger partial charge in [0.15, 0.2) is 0 Å². The average Bonchev–Trinajstić information content (AvgIpc) is 2.12. The molecule has 1 nitrogen and oxygen atoms in total. The maximum Gasteiger partial charge on any atom is 0.00404 e. The zero-order valence-corrected chi connectivity index (χ0v) is 10.5. The van der Waals surface area contributed by atoms with Crippen LogP contribution in [0.3, 0.4) is 0 Å². The number of hydrogen-bond donors (Lipinski definition) is 1. The summed E-state index contributed by atoms with van der Waals surface area (Å²) < 4.78 is 0. The maximum absolute atomic E-state index is 4.38. The van der Waals surface area contributed by atoms with Crippen LogP contribution in [-0.2, 0) is 0 Å². The summed E-state index contributed by atoms with van der Waals surface area (Å²) in [5.74, 6) is 0.968. The van der Waals surface area contributed by atoms with Gasteiger partial charge in [0.05, 0.1) is 0 Å². The number of hydrogen-bond acceptors (Lipinski definition) is 2. The quantitative estimate of drug-likeness (QED) is 0.622. The van der Waals surface area contributed by atoms with E-state index in [1.807, 2.05) is 0 Å². The maximum atomic E-state index is 4.38. The van der Waals surface area contributed by atoms with Crippen molar-refractivity contribution in [3.05, 3.63) is 0 Å². The highest BCUT2D eigenvalue weighted by atomic mass is 32.1. The Kier molecular flexibility index (Phi) is 6.88. The van der Waals surface area contributed by atoms with Gasteiger partial charge in [-0.15, -0.1) is 0 Å². The van der Waals surface area contributed by atoms with Crippen LogP contribution in [0.5, 0.6) is 0 Å². The molecule has 0 fully saturated rings. The minimum atomic E-state index is 0.354. The van der Waals surface area contributed by atoms with Gasteiger partial charge in [0.2, 0.25) is 0 Å². The largest absolute Gasteiger partial charge is 0.303 e. The van der Waals surface area contributed by atoms with E-state index in [1.165, 1.54) is 25.9 Å². The molecule has 0 saturated carbocycles. The standard InChI is InChI=1S/C11H25NS/c1-5-7-8-12(6-2)9-11(3,4)10-13/h13H,5-10H2,1-4H3. The van der Waals surface area contributed by atoms with Crippen molar-refractivity contribution in [3.8, 4) is 0 Å². The molecular formula is C11H25NS. The lowest BCUT2D eigenvalue weighted by Gasteiger charge is -2.30. The lowest BCUT2D eigenvalue weighted by atomic mass is 9.95. The molecule has 0 atom stereocenters. The second-order valence-electron chi connectivity index (χ2n) is 4.54. The molecule has 0 heterocycles. The molecular weight excluding hydrogens is 178 g/mol. The fourth-order valence-corrected chi connectivity index (χ4v) is 1.49. The molecule has 80 valence electrons. The van der Waals surface area contributed by atoms with E-state index in [1.54, 1.807) is 0 Å². The summed E-state index contributed by atoms with van der Waals surface area (Å²) in [5.41, 5.74) is 0.354. The number of thiol groups is 1. The first-order chi connectivity index (χ1) is 6.05. The van der Waals surface area contributed by atoms with Crippen molar-refractivity contribution < 1.29 is 0 Å². The molecule has 0 amide bonds. The van der Waals surface area contributed by atoms with Gasteiger partial charge < -0.3 is 4.90 Å². The summed E-state index contributed by atoms with van der Waals surface area (Å²) >= 11 is 4.38. The Balaban J connectivity index is 3.82. The lowest BCUT2D eigenvalue weighted by molar-refractivity contribution is 0.200. The van der Waals surface area contributed by atoms with Crippen LogP contribution in [0.15, 0.2) is 0 Å². The van der Waals surface area contributed by atoms with Crippen molar-refractivity contribution in [1.29, 1.82) is 0 Å². The molecule has 0 bridgehead atoms. The molecule has 2 heteroatoms. The number of nitrogens with zero attached hydrogens (tertiary/aromatic N) is 1. The summed E-state index contributed by atoms with van der Waals surface area (Å²) in [6.07, 6.45) is 2.61. The van der Waals surface area contributed by atoms with Crippen LogP contribution in [0, 0.1) is 5.41 Å². The van der Waals surface area contributed by atoms with Gasteiger partial charge in [0.25, 0.3) is 0 Å². The fraction of sp³-hybridized carbons (Fsp3) is 1.00. The van der Waals surface area contributed by atoms with E-state index in [9.17, 15) is 0 Å². The second-order valence-corrected chi connectivity index (χ2v) is 4.86. The van der Waals surface area contributed by atoms with Gasteiger partial charge in [0.1, 0.15) is 0 Å². The van der Waals surface area contributed by atoms with E-state index in [0.717, 1.165) is 12.3 Å². The molecule has 0 radical (unpaired) electrons. The zero-order chi connectivity index (χ0) is 10.3. The van der Waals surface area contributed by atoms with Gasteiger partial charge in [-0.25, -0.2) is 0 Å². The van der Waals surface area contributed by atoms with Gasteiger partial charge in [-0.1, -0.05) is 34.1 Å². The topological polar surface area (TPSA) is 3.24 Å². The van der Waals surface area contributed by atoms with Crippen LogP contribution in [-0.4, -0.2) is 30.3 Å². The van der Waals surface area contributed by atoms with E-state index in [2.05, 4.69) is 45.2 Å². The van der Waals surface area contributed by atoms with Crippen LogP contribution in [0.4, 0.5) is 0 Å². The highest BCUT2D eigenvalue weighted by Gasteiger charge is 2.18. The molecule has 0 aliphatic heterocycles. The van der Waals surface area contributed by atoms with E-state index in [-0.39, 0.29) is 0 Å². The Morgan fingerprint density at radius 1 is 1.23 bits per heavy atom. The molecule has 0 aromatic heterocycles. The smallest absolute Gasteiger partial charge is 0.00404 e. The molecule has 0 aliphatic carbocycles. The molecule has 0 spiro atoms. The Bertz CT molecular complexity index is 123. The minimum Gasteiger partial charge on any atom is -0.303 e. The van der Waals surface area contributed by atoms with Crippen LogP contribution < -0.4 is 0 Å². The second kappa shape index (κ2) is 6.72. The SMILES string of the molecule is CCCCN(CC)CC(C)(C)CS. The fourth-order valence-electron chi connectivity index (χ4n) is 1.39. The van der Waals surface area contributed by atoms with Crippen molar-refractivity contribution in [2.45, 2.75) is 40.5 Å². The monoisotopic (exact) mass is 203 g/mol. The lowest BCUT2D eigenvalue weighted by Crippen LogP contribution is -2.35. The third-order valence-electron chi connectivity index (χ3n) is 2.35. The Morgan fingerprint density at radius 2 is 1.85 bits per heavy atom. The summed E-state index contributed by atoms with van der Waals surface area (Å²) in [6, 6.07) is 0. The van der Waals surface area contributed by atoms with Crippen molar-refractivity contribution in [1.82, 2.24) is 4.90 Å². The van der Waals surface area contributed by atoms with Gasteiger partial charge in [-0.3, -0.25) is 0 Å². The molecule has 13 heavy (non-hydrogen) atoms. The molecule has 0 aliphatic rings. The Labute approximate surface area is 89.3 Å². The van der Waals surface area contributed by atoms with Crippen molar-refractivity contribution in [2.24, 2.45) is 5.41 Å². The molecule has 0 saturated heterocycles. The third-order valence-corrected chi connectivity index (χ3v) is 3.21. The first kappa shape index (κ1) is 13.3. The summed E-state index contributed by atoms with van der Waals surface area (Å²) in [5, 5.41) is 0. The highest BCUT2D eigenvalue weighted by molar-refractivity contribution is 7.80. The summed E-state index contributed by atoms with van der Waals surface area (Å²) in [4.78, 5) is 2.53. The van der Waals surface area contributed by atoms with Crippen molar-refractivity contribution in [3.63, 3.8) is 0 Å². The van der Waals surface area contributed by atoms with E-state index in [0.29, 0.717) is 5.41 Å². The van der Waals surface area contributed by atoms with Crippen molar-refractivity contribution >= 4 is 12.6 Å². The van der Waals surface area contributed by atoms with Crippen LogP contribution >= 0.6 is 12.6 Å². The zero-order valence-electron chi connectivity index (χ0n) is 9.64. The minimum absolute atomic E-state index is 0.354. The summed E-state index contributed by atoms with van der Waals surface area (Å²) in [7, 11) is 0. The highest BCUT2D eigenvalue weighted by Crippen LogP contribution is 2.18. The third kappa shape index (κ3) is 6.39.